The minimum absolute atomic E-state index is 0.183. The van der Waals surface area contributed by atoms with E-state index in [0.29, 0.717) is 12.1 Å². The van der Waals surface area contributed by atoms with Gasteiger partial charge in [0.05, 0.1) is 5.56 Å². The van der Waals surface area contributed by atoms with Crippen LogP contribution in [0.4, 0.5) is 0 Å². The van der Waals surface area contributed by atoms with E-state index in [1.807, 2.05) is 0 Å². The van der Waals surface area contributed by atoms with Crippen molar-refractivity contribution in [1.29, 1.82) is 0 Å². The lowest BCUT2D eigenvalue weighted by molar-refractivity contribution is 0.0782. The molecule has 0 unspecified atom stereocenters. The van der Waals surface area contributed by atoms with Gasteiger partial charge in [-0.05, 0) is 23.8 Å². The molecule has 1 aromatic carbocycles. The molecule has 0 radical (unpaired) electrons. The molecule has 0 aliphatic rings. The van der Waals surface area contributed by atoms with Crippen molar-refractivity contribution in [3.05, 3.63) is 64.2 Å². The van der Waals surface area contributed by atoms with Gasteiger partial charge in [-0.15, -0.1) is 0 Å². The van der Waals surface area contributed by atoms with Crippen LogP contribution in [0.15, 0.2) is 51.9 Å². The molecule has 0 aliphatic carbocycles. The number of benzene rings is 1. The Morgan fingerprint density at radius 3 is 2.47 bits per heavy atom. The van der Waals surface area contributed by atoms with Gasteiger partial charge in [0.25, 0.3) is 5.91 Å². The van der Waals surface area contributed by atoms with Gasteiger partial charge in [-0.3, -0.25) is 4.79 Å². The van der Waals surface area contributed by atoms with Crippen molar-refractivity contribution in [1.82, 2.24) is 4.90 Å². The van der Waals surface area contributed by atoms with Crippen LogP contribution in [-0.4, -0.2) is 23.0 Å². The normalized spacial score (nSPS) is 10.2. The zero-order valence-electron chi connectivity index (χ0n) is 10.4. The summed E-state index contributed by atoms with van der Waals surface area (Å²) in [7, 11) is 1.65. The number of carbonyl (C=O) groups is 1. The summed E-state index contributed by atoms with van der Waals surface area (Å²) in [5.74, 6) is -0.0561. The standard InChI is InChI=1S/C14H13NO4/c1-15(8-10-2-5-12(16)6-3-10)14(18)11-4-7-13(17)19-9-11/h2-7,9,16H,8H2,1H3. The number of phenolic OH excluding ortho intramolecular Hbond substituents is 1. The molecule has 0 saturated heterocycles. The Labute approximate surface area is 109 Å². The van der Waals surface area contributed by atoms with Gasteiger partial charge in [-0.2, -0.15) is 0 Å². The molecule has 0 bridgehead atoms. The van der Waals surface area contributed by atoms with Crippen LogP contribution in [0.5, 0.6) is 5.75 Å². The van der Waals surface area contributed by atoms with Crippen molar-refractivity contribution in [2.45, 2.75) is 6.54 Å². The molecule has 2 aromatic rings. The molecule has 0 saturated carbocycles. The molecule has 1 aromatic heterocycles. The Bertz CT molecular complexity index is 610. The zero-order chi connectivity index (χ0) is 13.8. The number of amides is 1. The number of phenols is 1. The van der Waals surface area contributed by atoms with Crippen LogP contribution in [0.1, 0.15) is 15.9 Å². The molecular weight excluding hydrogens is 246 g/mol. The molecule has 1 heterocycles. The molecule has 5 heteroatoms. The first-order valence-corrected chi connectivity index (χ1v) is 5.68. The molecule has 0 atom stereocenters. The predicted octanol–water partition coefficient (Wildman–Crippen LogP) is 1.62. The fraction of sp³-hybridized carbons (Fsp3) is 0.143. The van der Waals surface area contributed by atoms with Gasteiger partial charge in [0.15, 0.2) is 0 Å². The summed E-state index contributed by atoms with van der Waals surface area (Å²) in [4.78, 5) is 24.4. The number of rotatable bonds is 3. The number of carbonyl (C=O) groups excluding carboxylic acids is 1. The maximum Gasteiger partial charge on any atom is 0.335 e. The lowest BCUT2D eigenvalue weighted by Crippen LogP contribution is -2.26. The quantitative estimate of drug-likeness (QED) is 0.909. The highest BCUT2D eigenvalue weighted by atomic mass is 16.4. The predicted molar refractivity (Wildman–Crippen MR) is 68.9 cm³/mol. The molecule has 2 rings (SSSR count). The van der Waals surface area contributed by atoms with Crippen LogP contribution >= 0.6 is 0 Å². The Hall–Kier alpha value is -2.56. The molecule has 1 amide bonds. The topological polar surface area (TPSA) is 70.8 Å². The second kappa shape index (κ2) is 5.39. The highest BCUT2D eigenvalue weighted by Crippen LogP contribution is 2.12. The van der Waals surface area contributed by atoms with E-state index in [0.717, 1.165) is 11.8 Å². The number of aromatic hydroxyl groups is 1. The second-order valence-electron chi connectivity index (χ2n) is 4.17. The third-order valence-corrected chi connectivity index (χ3v) is 2.65. The second-order valence-corrected chi connectivity index (χ2v) is 4.17. The molecule has 19 heavy (non-hydrogen) atoms. The summed E-state index contributed by atoms with van der Waals surface area (Å²) in [6, 6.07) is 9.25. The molecule has 0 aliphatic heterocycles. The Balaban J connectivity index is 2.09. The monoisotopic (exact) mass is 259 g/mol. The number of nitrogens with zero attached hydrogens (tertiary/aromatic N) is 1. The summed E-state index contributed by atoms with van der Waals surface area (Å²) in [5.41, 5.74) is 0.727. The number of hydrogen-bond donors (Lipinski definition) is 1. The van der Waals surface area contributed by atoms with Crippen LogP contribution in [-0.2, 0) is 6.54 Å². The maximum atomic E-state index is 12.0. The SMILES string of the molecule is CN(Cc1ccc(O)cc1)C(=O)c1ccc(=O)oc1. The molecule has 0 fully saturated rings. The summed E-state index contributed by atoms with van der Waals surface area (Å²) in [6.07, 6.45) is 1.15. The van der Waals surface area contributed by atoms with Gasteiger partial charge < -0.3 is 14.4 Å². The van der Waals surface area contributed by atoms with E-state index in [9.17, 15) is 14.7 Å². The summed E-state index contributed by atoms with van der Waals surface area (Å²) < 4.78 is 4.66. The van der Waals surface area contributed by atoms with Crippen molar-refractivity contribution in [2.75, 3.05) is 7.05 Å². The minimum atomic E-state index is -0.488. The van der Waals surface area contributed by atoms with Crippen molar-refractivity contribution >= 4 is 5.91 Å². The maximum absolute atomic E-state index is 12.0. The Morgan fingerprint density at radius 1 is 1.21 bits per heavy atom. The van der Waals surface area contributed by atoms with Crippen LogP contribution in [0, 0.1) is 0 Å². The first-order chi connectivity index (χ1) is 9.06. The van der Waals surface area contributed by atoms with Crippen molar-refractivity contribution < 1.29 is 14.3 Å². The van der Waals surface area contributed by atoms with Gasteiger partial charge in [0, 0.05) is 19.7 Å². The van der Waals surface area contributed by atoms with E-state index in [1.54, 1.807) is 31.3 Å². The van der Waals surface area contributed by atoms with E-state index >= 15 is 0 Å². The van der Waals surface area contributed by atoms with E-state index in [1.165, 1.54) is 17.0 Å². The van der Waals surface area contributed by atoms with Gasteiger partial charge in [0.1, 0.15) is 12.0 Å². The fourth-order valence-corrected chi connectivity index (χ4v) is 1.65. The average molecular weight is 259 g/mol. The summed E-state index contributed by atoms with van der Waals surface area (Å²) in [6.45, 7) is 0.401. The van der Waals surface area contributed by atoms with Crippen LogP contribution in [0.25, 0.3) is 0 Å². The first-order valence-electron chi connectivity index (χ1n) is 5.68. The van der Waals surface area contributed by atoms with Crippen LogP contribution in [0.2, 0.25) is 0 Å². The van der Waals surface area contributed by atoms with Crippen molar-refractivity contribution in [3.63, 3.8) is 0 Å². The summed E-state index contributed by atoms with van der Waals surface area (Å²) >= 11 is 0. The highest BCUT2D eigenvalue weighted by molar-refractivity contribution is 5.93. The Kier molecular flexibility index (Phi) is 3.66. The largest absolute Gasteiger partial charge is 0.508 e. The Morgan fingerprint density at radius 2 is 1.89 bits per heavy atom. The average Bonchev–Trinajstić information content (AvgIpc) is 2.41. The van der Waals surface area contributed by atoms with E-state index in [2.05, 4.69) is 4.42 Å². The first kappa shape index (κ1) is 12.9. The minimum Gasteiger partial charge on any atom is -0.508 e. The smallest absolute Gasteiger partial charge is 0.335 e. The third kappa shape index (κ3) is 3.22. The van der Waals surface area contributed by atoms with Crippen molar-refractivity contribution in [2.24, 2.45) is 0 Å². The van der Waals surface area contributed by atoms with E-state index in [4.69, 9.17) is 0 Å². The van der Waals surface area contributed by atoms with E-state index in [-0.39, 0.29) is 11.7 Å². The lowest BCUT2D eigenvalue weighted by atomic mass is 10.2. The van der Waals surface area contributed by atoms with Gasteiger partial charge in [-0.25, -0.2) is 4.79 Å². The lowest BCUT2D eigenvalue weighted by Gasteiger charge is -2.16. The molecule has 5 nitrogen and oxygen atoms in total. The molecular formula is C14H13NO4. The van der Waals surface area contributed by atoms with Gasteiger partial charge >= 0.3 is 5.63 Å². The third-order valence-electron chi connectivity index (χ3n) is 2.65. The molecule has 0 spiro atoms. The fourth-order valence-electron chi connectivity index (χ4n) is 1.65. The zero-order valence-corrected chi connectivity index (χ0v) is 10.4. The highest BCUT2D eigenvalue weighted by Gasteiger charge is 2.12. The summed E-state index contributed by atoms with van der Waals surface area (Å²) in [5, 5.41) is 9.18. The molecule has 98 valence electrons. The van der Waals surface area contributed by atoms with Gasteiger partial charge in [0.2, 0.25) is 0 Å². The van der Waals surface area contributed by atoms with Crippen LogP contribution in [0.3, 0.4) is 0 Å². The van der Waals surface area contributed by atoms with E-state index < -0.39 is 5.63 Å². The van der Waals surface area contributed by atoms with Gasteiger partial charge in [-0.1, -0.05) is 12.1 Å². The van der Waals surface area contributed by atoms with Crippen molar-refractivity contribution in [3.8, 4) is 5.75 Å². The number of hydrogen-bond acceptors (Lipinski definition) is 4. The van der Waals surface area contributed by atoms with Crippen LogP contribution < -0.4 is 5.63 Å². The molecule has 1 N–H and O–H groups in total.